The van der Waals surface area contributed by atoms with Gasteiger partial charge in [0.05, 0.1) is 5.92 Å². The van der Waals surface area contributed by atoms with Crippen molar-refractivity contribution >= 4 is 29.2 Å². The molecule has 0 spiro atoms. The first-order valence-corrected chi connectivity index (χ1v) is 12.1. The number of carbonyl (C=O) groups is 1. The molecule has 0 aromatic heterocycles. The van der Waals surface area contributed by atoms with Crippen molar-refractivity contribution in [2.45, 2.75) is 38.7 Å². The molecule has 2 atom stereocenters. The van der Waals surface area contributed by atoms with Gasteiger partial charge < -0.3 is 19.9 Å². The van der Waals surface area contributed by atoms with Gasteiger partial charge in [0.15, 0.2) is 6.10 Å². The number of hydrogen-bond donors (Lipinski definition) is 1. The molecule has 3 aromatic rings. The Hall–Kier alpha value is -3.66. The van der Waals surface area contributed by atoms with Crippen molar-refractivity contribution in [1.29, 1.82) is 5.26 Å². The minimum absolute atomic E-state index is 0.0731. The monoisotopic (exact) mass is 522 g/mol. The number of allylic oxidation sites excluding steroid dienone is 1. The fourth-order valence-corrected chi connectivity index (χ4v) is 4.58. The lowest BCUT2D eigenvalue weighted by Gasteiger charge is -2.28. The average molecular weight is 523 g/mol. The highest BCUT2D eigenvalue weighted by Gasteiger charge is 2.34. The minimum atomic E-state index is -0.850. The van der Waals surface area contributed by atoms with Gasteiger partial charge in [-0.1, -0.05) is 61.3 Å². The van der Waals surface area contributed by atoms with Gasteiger partial charge in [-0.3, -0.25) is 0 Å². The summed E-state index contributed by atoms with van der Waals surface area (Å²) in [7, 11) is 0. The fraction of sp³-hybridized carbons (Fsp3) is 0.214. The van der Waals surface area contributed by atoms with Crippen LogP contribution in [0.2, 0.25) is 10.0 Å². The molecule has 0 bridgehead atoms. The molecule has 0 radical (unpaired) electrons. The summed E-state index contributed by atoms with van der Waals surface area (Å²) in [4.78, 5) is 12.7. The molecule has 1 aliphatic rings. The highest BCUT2D eigenvalue weighted by Crippen LogP contribution is 2.47. The van der Waals surface area contributed by atoms with Crippen LogP contribution in [0.3, 0.4) is 0 Å². The first kappa shape index (κ1) is 25.4. The number of ether oxygens (including phenoxy) is 3. The number of nitrogens with two attached hydrogens (primary N) is 1. The lowest BCUT2D eigenvalue weighted by atomic mass is 9.83. The Balaban J connectivity index is 1.56. The Morgan fingerprint density at radius 1 is 1.03 bits per heavy atom. The van der Waals surface area contributed by atoms with Crippen LogP contribution in [0.5, 0.6) is 17.2 Å². The predicted molar refractivity (Wildman–Crippen MR) is 138 cm³/mol. The molecule has 0 saturated carbocycles. The van der Waals surface area contributed by atoms with Crippen molar-refractivity contribution in [1.82, 2.24) is 0 Å². The van der Waals surface area contributed by atoms with Crippen LogP contribution in [0.15, 0.2) is 72.1 Å². The third kappa shape index (κ3) is 5.13. The summed E-state index contributed by atoms with van der Waals surface area (Å²) in [6.07, 6.45) is -0.850. The Labute approximate surface area is 219 Å². The summed E-state index contributed by atoms with van der Waals surface area (Å²) in [6, 6.07) is 19.6. The number of benzene rings is 3. The van der Waals surface area contributed by atoms with E-state index in [1.165, 1.54) is 11.6 Å². The predicted octanol–water partition coefficient (Wildman–Crippen LogP) is 6.71. The van der Waals surface area contributed by atoms with Crippen LogP contribution in [0.1, 0.15) is 49.3 Å². The molecule has 6 nitrogen and oxygen atoms in total. The summed E-state index contributed by atoms with van der Waals surface area (Å²) < 4.78 is 17.0. The largest absolute Gasteiger partial charge is 0.479 e. The van der Waals surface area contributed by atoms with Crippen molar-refractivity contribution in [3.63, 3.8) is 0 Å². The molecule has 2 unspecified atom stereocenters. The van der Waals surface area contributed by atoms with E-state index in [-0.39, 0.29) is 17.2 Å². The summed E-state index contributed by atoms with van der Waals surface area (Å²) in [5.41, 5.74) is 8.59. The van der Waals surface area contributed by atoms with E-state index in [0.717, 1.165) is 0 Å². The minimum Gasteiger partial charge on any atom is -0.479 e. The van der Waals surface area contributed by atoms with Crippen LogP contribution in [0, 0.1) is 11.3 Å². The molecule has 2 N–H and O–H groups in total. The Morgan fingerprint density at radius 2 is 1.67 bits per heavy atom. The lowest BCUT2D eigenvalue weighted by Crippen LogP contribution is -2.28. The number of nitriles is 1. The van der Waals surface area contributed by atoms with Crippen LogP contribution in [-0.4, -0.2) is 12.1 Å². The molecule has 0 saturated heterocycles. The second-order valence-corrected chi connectivity index (χ2v) is 9.48. The maximum Gasteiger partial charge on any atom is 0.352 e. The molecule has 1 aliphatic heterocycles. The number of halogens is 2. The molecule has 0 fully saturated rings. The van der Waals surface area contributed by atoms with Crippen molar-refractivity contribution in [2.24, 2.45) is 5.73 Å². The van der Waals surface area contributed by atoms with Crippen LogP contribution < -0.4 is 19.9 Å². The van der Waals surface area contributed by atoms with Crippen molar-refractivity contribution in [2.75, 3.05) is 0 Å². The van der Waals surface area contributed by atoms with Gasteiger partial charge in [0.2, 0.25) is 5.88 Å². The summed E-state index contributed by atoms with van der Waals surface area (Å²) in [6.45, 7) is 5.82. The second-order valence-electron chi connectivity index (χ2n) is 8.66. The Bertz CT molecular complexity index is 1360. The van der Waals surface area contributed by atoms with E-state index in [1.54, 1.807) is 37.3 Å². The molecule has 0 aliphatic carbocycles. The van der Waals surface area contributed by atoms with Gasteiger partial charge in [-0.15, -0.1) is 0 Å². The molecular weight excluding hydrogens is 499 g/mol. The number of hydrogen-bond acceptors (Lipinski definition) is 6. The normalized spacial score (nSPS) is 15.5. The number of carbonyl (C=O) groups excluding carboxylic acids is 1. The van der Waals surface area contributed by atoms with E-state index in [0.29, 0.717) is 38.6 Å². The quantitative estimate of drug-likeness (QED) is 0.285. The smallest absolute Gasteiger partial charge is 0.352 e. The third-order valence-electron chi connectivity index (χ3n) is 5.89. The maximum atomic E-state index is 12.7. The van der Waals surface area contributed by atoms with E-state index in [2.05, 4.69) is 19.9 Å². The molecule has 8 heteroatoms. The molecule has 0 amide bonds. The highest BCUT2D eigenvalue weighted by molar-refractivity contribution is 6.36. The van der Waals surface area contributed by atoms with Gasteiger partial charge in [-0.05, 0) is 48.7 Å². The maximum absolute atomic E-state index is 12.7. The summed E-state index contributed by atoms with van der Waals surface area (Å²) in [5.74, 6) is 0.243. The van der Waals surface area contributed by atoms with Crippen molar-refractivity contribution in [3.8, 4) is 23.3 Å². The van der Waals surface area contributed by atoms with E-state index in [1.807, 2.05) is 24.3 Å². The zero-order valence-electron chi connectivity index (χ0n) is 19.9. The summed E-state index contributed by atoms with van der Waals surface area (Å²) in [5, 5.41) is 10.5. The van der Waals surface area contributed by atoms with Gasteiger partial charge in [0.1, 0.15) is 28.9 Å². The zero-order chi connectivity index (χ0) is 26.0. The standard InChI is InChI=1S/C28H24Cl2N2O4/c1-15(2)17-7-9-18(10-8-17)34-16(3)28(33)35-19-11-12-20-24(13-19)36-27(32)21(14-31)25(20)26-22(29)5-4-6-23(26)30/h4-13,15-16,25H,32H2,1-3H3. The van der Waals surface area contributed by atoms with E-state index >= 15 is 0 Å². The van der Waals surface area contributed by atoms with Gasteiger partial charge in [0.25, 0.3) is 0 Å². The fourth-order valence-electron chi connectivity index (χ4n) is 3.96. The third-order valence-corrected chi connectivity index (χ3v) is 6.55. The number of rotatable bonds is 6. The summed E-state index contributed by atoms with van der Waals surface area (Å²) >= 11 is 12.9. The first-order chi connectivity index (χ1) is 17.2. The highest BCUT2D eigenvalue weighted by atomic mass is 35.5. The number of nitrogens with zero attached hydrogens (tertiary/aromatic N) is 1. The van der Waals surface area contributed by atoms with Gasteiger partial charge >= 0.3 is 5.97 Å². The molecule has 3 aromatic carbocycles. The van der Waals surface area contributed by atoms with Gasteiger partial charge in [-0.25, -0.2) is 4.79 Å². The molecule has 184 valence electrons. The zero-order valence-corrected chi connectivity index (χ0v) is 21.4. The first-order valence-electron chi connectivity index (χ1n) is 11.3. The Morgan fingerprint density at radius 3 is 2.28 bits per heavy atom. The van der Waals surface area contributed by atoms with E-state index in [4.69, 9.17) is 43.1 Å². The molecule has 4 rings (SSSR count). The molecule has 1 heterocycles. The molecule has 36 heavy (non-hydrogen) atoms. The van der Waals surface area contributed by atoms with Crippen molar-refractivity contribution in [3.05, 3.63) is 98.9 Å². The van der Waals surface area contributed by atoms with Gasteiger partial charge in [0, 0.05) is 27.2 Å². The molecular formula is C28H24Cl2N2O4. The second kappa shape index (κ2) is 10.5. The van der Waals surface area contributed by atoms with Crippen molar-refractivity contribution < 1.29 is 19.0 Å². The average Bonchev–Trinajstić information content (AvgIpc) is 2.84. The van der Waals surface area contributed by atoms with Gasteiger partial charge in [-0.2, -0.15) is 5.26 Å². The SMILES string of the molecule is CC(Oc1ccc(C(C)C)cc1)C(=O)Oc1ccc2c(c1)OC(N)=C(C#N)C2c1c(Cl)cccc1Cl. The van der Waals surface area contributed by atoms with Crippen LogP contribution in [-0.2, 0) is 4.79 Å². The number of fused-ring (bicyclic) bond motifs is 1. The topological polar surface area (TPSA) is 94.6 Å². The van der Waals surface area contributed by atoms with Crippen LogP contribution in [0.25, 0.3) is 0 Å². The van der Waals surface area contributed by atoms with Crippen LogP contribution >= 0.6 is 23.2 Å². The lowest BCUT2D eigenvalue weighted by molar-refractivity contribution is -0.141. The van der Waals surface area contributed by atoms with E-state index < -0.39 is 18.0 Å². The van der Waals surface area contributed by atoms with Crippen LogP contribution in [0.4, 0.5) is 0 Å². The van der Waals surface area contributed by atoms with E-state index in [9.17, 15) is 10.1 Å². The number of esters is 1. The Kier molecular flexibility index (Phi) is 7.44.